The second-order valence-corrected chi connectivity index (χ2v) is 5.52. The Hall–Kier alpha value is -2.46. The van der Waals surface area contributed by atoms with Gasteiger partial charge >= 0.3 is 0 Å². The van der Waals surface area contributed by atoms with Crippen molar-refractivity contribution >= 4 is 5.65 Å². The second-order valence-electron chi connectivity index (χ2n) is 5.52. The van der Waals surface area contributed by atoms with Crippen molar-refractivity contribution in [2.45, 2.75) is 19.5 Å². The minimum atomic E-state index is -0.0404. The lowest BCUT2D eigenvalue weighted by Gasteiger charge is -2.24. The number of aromatic nitrogens is 2. The van der Waals surface area contributed by atoms with Crippen LogP contribution in [0.25, 0.3) is 5.65 Å². The van der Waals surface area contributed by atoms with Crippen LogP contribution in [0.4, 0.5) is 0 Å². The number of rotatable bonds is 4. The van der Waals surface area contributed by atoms with Gasteiger partial charge in [-0.25, -0.2) is 4.98 Å². The summed E-state index contributed by atoms with van der Waals surface area (Å²) in [4.78, 5) is 18.9. The fourth-order valence-electron chi connectivity index (χ4n) is 2.56. The second kappa shape index (κ2) is 6.12. The summed E-state index contributed by atoms with van der Waals surface area (Å²) in [5.74, 6) is 0. The smallest absolute Gasteiger partial charge is 0.258 e. The minimum absolute atomic E-state index is 0.0404. The van der Waals surface area contributed by atoms with Crippen LogP contribution in [-0.4, -0.2) is 21.3 Å². The monoisotopic (exact) mass is 293 g/mol. The van der Waals surface area contributed by atoms with Gasteiger partial charge in [0, 0.05) is 24.8 Å². The molecule has 1 atom stereocenters. The van der Waals surface area contributed by atoms with E-state index in [1.54, 1.807) is 16.7 Å². The van der Waals surface area contributed by atoms with Crippen LogP contribution >= 0.6 is 0 Å². The van der Waals surface area contributed by atoms with E-state index in [9.17, 15) is 4.79 Å². The number of hydrogen-bond acceptors (Lipinski definition) is 3. The molecule has 4 heteroatoms. The molecule has 0 saturated carbocycles. The van der Waals surface area contributed by atoms with E-state index in [1.165, 1.54) is 5.56 Å². The Labute approximate surface area is 129 Å². The predicted octanol–water partition coefficient (Wildman–Crippen LogP) is 2.89. The summed E-state index contributed by atoms with van der Waals surface area (Å²) in [5.41, 5.74) is 2.69. The molecular formula is C18H19N3O. The van der Waals surface area contributed by atoms with Crippen LogP contribution in [0.2, 0.25) is 0 Å². The van der Waals surface area contributed by atoms with Gasteiger partial charge in [0.05, 0.1) is 5.69 Å². The van der Waals surface area contributed by atoms with E-state index in [1.807, 2.05) is 43.4 Å². The molecule has 0 spiro atoms. The molecule has 0 aliphatic carbocycles. The number of hydrogen-bond donors (Lipinski definition) is 0. The SMILES string of the molecule is CC(c1ccccc1)N(C)Cc1cc(=O)n2ccccc2n1. The number of benzene rings is 1. The maximum Gasteiger partial charge on any atom is 0.258 e. The molecule has 0 N–H and O–H groups in total. The Balaban J connectivity index is 1.85. The largest absolute Gasteiger partial charge is 0.294 e. The summed E-state index contributed by atoms with van der Waals surface area (Å²) in [5, 5.41) is 0. The summed E-state index contributed by atoms with van der Waals surface area (Å²) in [7, 11) is 2.05. The molecule has 4 nitrogen and oxygen atoms in total. The van der Waals surface area contributed by atoms with E-state index in [4.69, 9.17) is 0 Å². The number of fused-ring (bicyclic) bond motifs is 1. The average molecular weight is 293 g/mol. The van der Waals surface area contributed by atoms with E-state index in [-0.39, 0.29) is 11.6 Å². The van der Waals surface area contributed by atoms with Gasteiger partial charge in [-0.2, -0.15) is 0 Å². The van der Waals surface area contributed by atoms with Crippen molar-refractivity contribution in [1.29, 1.82) is 0 Å². The van der Waals surface area contributed by atoms with Gasteiger partial charge in [-0.1, -0.05) is 36.4 Å². The third-order valence-electron chi connectivity index (χ3n) is 3.98. The zero-order chi connectivity index (χ0) is 15.5. The molecule has 1 aromatic carbocycles. The lowest BCUT2D eigenvalue weighted by atomic mass is 10.1. The van der Waals surface area contributed by atoms with E-state index in [0.717, 1.165) is 5.69 Å². The van der Waals surface area contributed by atoms with Crippen molar-refractivity contribution in [3.05, 3.63) is 82.4 Å². The molecule has 0 aliphatic heterocycles. The molecule has 0 radical (unpaired) electrons. The minimum Gasteiger partial charge on any atom is -0.294 e. The normalized spacial score (nSPS) is 12.7. The van der Waals surface area contributed by atoms with Crippen molar-refractivity contribution in [1.82, 2.24) is 14.3 Å². The van der Waals surface area contributed by atoms with Gasteiger partial charge in [0.2, 0.25) is 0 Å². The van der Waals surface area contributed by atoms with Crippen LogP contribution in [0.1, 0.15) is 24.2 Å². The first-order valence-electron chi connectivity index (χ1n) is 7.37. The highest BCUT2D eigenvalue weighted by atomic mass is 16.1. The Morgan fingerprint density at radius 1 is 1.14 bits per heavy atom. The molecule has 3 aromatic rings. The molecule has 0 aliphatic rings. The average Bonchev–Trinajstić information content (AvgIpc) is 2.55. The zero-order valence-corrected chi connectivity index (χ0v) is 12.8. The summed E-state index contributed by atoms with van der Waals surface area (Å²) < 4.78 is 1.56. The molecule has 0 fully saturated rings. The highest BCUT2D eigenvalue weighted by Crippen LogP contribution is 2.19. The first kappa shape index (κ1) is 14.5. The molecule has 2 heterocycles. The molecule has 112 valence electrons. The fourth-order valence-corrected chi connectivity index (χ4v) is 2.56. The van der Waals surface area contributed by atoms with Crippen LogP contribution in [0.5, 0.6) is 0 Å². The third kappa shape index (κ3) is 2.92. The molecule has 22 heavy (non-hydrogen) atoms. The first-order chi connectivity index (χ1) is 10.6. The van der Waals surface area contributed by atoms with Crippen LogP contribution in [0.15, 0.2) is 65.6 Å². The van der Waals surface area contributed by atoms with Gasteiger partial charge in [0.15, 0.2) is 0 Å². The molecule has 0 amide bonds. The molecule has 0 saturated heterocycles. The molecule has 3 rings (SSSR count). The van der Waals surface area contributed by atoms with Crippen molar-refractivity contribution < 1.29 is 0 Å². The van der Waals surface area contributed by atoms with Crippen molar-refractivity contribution in [2.24, 2.45) is 0 Å². The fraction of sp³-hybridized carbons (Fsp3) is 0.222. The van der Waals surface area contributed by atoms with Crippen LogP contribution in [-0.2, 0) is 6.54 Å². The maximum absolute atomic E-state index is 12.1. The topological polar surface area (TPSA) is 37.6 Å². The van der Waals surface area contributed by atoms with Gasteiger partial charge in [-0.05, 0) is 31.7 Å². The van der Waals surface area contributed by atoms with E-state index in [0.29, 0.717) is 12.2 Å². The van der Waals surface area contributed by atoms with Gasteiger partial charge in [0.25, 0.3) is 5.56 Å². The third-order valence-corrected chi connectivity index (χ3v) is 3.98. The Bertz CT molecular complexity index is 826. The van der Waals surface area contributed by atoms with E-state index < -0.39 is 0 Å². The Morgan fingerprint density at radius 3 is 2.64 bits per heavy atom. The quantitative estimate of drug-likeness (QED) is 0.742. The Morgan fingerprint density at radius 2 is 1.86 bits per heavy atom. The van der Waals surface area contributed by atoms with Gasteiger partial charge < -0.3 is 0 Å². The maximum atomic E-state index is 12.1. The van der Waals surface area contributed by atoms with Gasteiger partial charge in [-0.15, -0.1) is 0 Å². The number of pyridine rings is 1. The lowest BCUT2D eigenvalue weighted by molar-refractivity contribution is 0.250. The molecule has 2 aromatic heterocycles. The standard InChI is InChI=1S/C18H19N3O/c1-14(15-8-4-3-5-9-15)20(2)13-16-12-18(22)21-11-7-6-10-17(21)19-16/h3-12,14H,13H2,1-2H3. The summed E-state index contributed by atoms with van der Waals surface area (Å²) in [6.45, 7) is 2.79. The number of nitrogens with zero attached hydrogens (tertiary/aromatic N) is 3. The molecule has 0 bridgehead atoms. The summed E-state index contributed by atoms with van der Waals surface area (Å²) >= 11 is 0. The van der Waals surface area contributed by atoms with Crippen molar-refractivity contribution in [3.63, 3.8) is 0 Å². The van der Waals surface area contributed by atoms with Crippen molar-refractivity contribution in [2.75, 3.05) is 7.05 Å². The molecular weight excluding hydrogens is 274 g/mol. The van der Waals surface area contributed by atoms with Gasteiger partial charge in [-0.3, -0.25) is 14.1 Å². The van der Waals surface area contributed by atoms with Crippen molar-refractivity contribution in [3.8, 4) is 0 Å². The highest BCUT2D eigenvalue weighted by molar-refractivity contribution is 5.38. The van der Waals surface area contributed by atoms with E-state index >= 15 is 0 Å². The first-order valence-corrected chi connectivity index (χ1v) is 7.37. The van der Waals surface area contributed by atoms with Crippen LogP contribution < -0.4 is 5.56 Å². The highest BCUT2D eigenvalue weighted by Gasteiger charge is 2.13. The summed E-state index contributed by atoms with van der Waals surface area (Å²) in [6.07, 6.45) is 1.74. The lowest BCUT2D eigenvalue weighted by Crippen LogP contribution is -2.24. The van der Waals surface area contributed by atoms with Gasteiger partial charge in [0.1, 0.15) is 5.65 Å². The summed E-state index contributed by atoms with van der Waals surface area (Å²) in [6, 6.07) is 17.8. The zero-order valence-electron chi connectivity index (χ0n) is 12.8. The Kier molecular flexibility index (Phi) is 4.02. The van der Waals surface area contributed by atoms with Crippen LogP contribution in [0, 0.1) is 0 Å². The van der Waals surface area contributed by atoms with E-state index in [2.05, 4.69) is 28.9 Å². The van der Waals surface area contributed by atoms with Crippen LogP contribution in [0.3, 0.4) is 0 Å². The molecule has 1 unspecified atom stereocenters. The predicted molar refractivity (Wildman–Crippen MR) is 87.8 cm³/mol.